The highest BCUT2D eigenvalue weighted by atomic mass is 16.5. The van der Waals surface area contributed by atoms with E-state index in [1.807, 2.05) is 0 Å². The zero-order valence-corrected chi connectivity index (χ0v) is 15.8. The van der Waals surface area contributed by atoms with Crippen LogP contribution in [0.15, 0.2) is 27.8 Å². The van der Waals surface area contributed by atoms with Gasteiger partial charge in [-0.1, -0.05) is 0 Å². The molecule has 1 aliphatic rings. The lowest BCUT2D eigenvalue weighted by atomic mass is 9.79. The number of carbonyl (C=O) groups excluding carboxylic acids is 1. The third-order valence-electron chi connectivity index (χ3n) is 5.29. The predicted molar refractivity (Wildman–Crippen MR) is 103 cm³/mol. The summed E-state index contributed by atoms with van der Waals surface area (Å²) in [5, 5.41) is 6.33. The lowest BCUT2D eigenvalue weighted by molar-refractivity contribution is 0.0512. The summed E-state index contributed by atoms with van der Waals surface area (Å²) in [6.07, 6.45) is 1.88. The molecule has 0 unspecified atom stereocenters. The van der Waals surface area contributed by atoms with Gasteiger partial charge < -0.3 is 24.9 Å². The fourth-order valence-electron chi connectivity index (χ4n) is 3.74. The minimum absolute atomic E-state index is 0.0660. The Hall–Kier alpha value is -2.45. The lowest BCUT2D eigenvalue weighted by Crippen LogP contribution is -2.47. The van der Waals surface area contributed by atoms with Crippen molar-refractivity contribution in [1.29, 1.82) is 0 Å². The monoisotopic (exact) mass is 374 g/mol. The second-order valence-electron chi connectivity index (χ2n) is 7.10. The largest absolute Gasteiger partial charge is 0.384 e. The summed E-state index contributed by atoms with van der Waals surface area (Å²) >= 11 is 0. The van der Waals surface area contributed by atoms with Crippen LogP contribution in [0.4, 0.5) is 0 Å². The van der Waals surface area contributed by atoms with E-state index in [1.165, 1.54) is 4.57 Å². The van der Waals surface area contributed by atoms with Crippen molar-refractivity contribution in [2.24, 2.45) is 5.41 Å². The van der Waals surface area contributed by atoms with Crippen molar-refractivity contribution in [3.8, 4) is 0 Å². The van der Waals surface area contributed by atoms with Crippen molar-refractivity contribution in [3.63, 3.8) is 0 Å². The number of H-pyrrole nitrogens is 1. The van der Waals surface area contributed by atoms with Gasteiger partial charge in [-0.25, -0.2) is 0 Å². The molecule has 1 saturated heterocycles. The van der Waals surface area contributed by atoms with E-state index < -0.39 is 11.1 Å². The van der Waals surface area contributed by atoms with Crippen molar-refractivity contribution in [3.05, 3.63) is 44.5 Å². The van der Waals surface area contributed by atoms with Crippen LogP contribution in [0.2, 0.25) is 0 Å². The van der Waals surface area contributed by atoms with E-state index in [1.54, 1.807) is 32.2 Å². The first kappa shape index (κ1) is 19.3. The summed E-state index contributed by atoms with van der Waals surface area (Å²) < 4.78 is 6.78. The van der Waals surface area contributed by atoms with E-state index in [2.05, 4.69) is 15.6 Å². The molecule has 8 nitrogen and oxygen atoms in total. The fraction of sp³-hybridized carbons (Fsp3) is 0.526. The number of fused-ring (bicyclic) bond motifs is 1. The van der Waals surface area contributed by atoms with Gasteiger partial charge in [-0.05, 0) is 51.1 Å². The van der Waals surface area contributed by atoms with Gasteiger partial charge in [0, 0.05) is 31.2 Å². The molecule has 1 aliphatic heterocycles. The summed E-state index contributed by atoms with van der Waals surface area (Å²) in [4.78, 5) is 39.0. The van der Waals surface area contributed by atoms with Crippen LogP contribution in [0.5, 0.6) is 0 Å². The molecule has 1 amide bonds. The first-order valence-electron chi connectivity index (χ1n) is 9.24. The van der Waals surface area contributed by atoms with Gasteiger partial charge in [-0.15, -0.1) is 0 Å². The van der Waals surface area contributed by atoms with Crippen molar-refractivity contribution >= 4 is 16.9 Å². The average Bonchev–Trinajstić information content (AvgIpc) is 2.68. The number of carbonyl (C=O) groups is 1. The molecule has 1 aromatic carbocycles. The smallest absolute Gasteiger partial charge is 0.316 e. The van der Waals surface area contributed by atoms with Crippen LogP contribution < -0.4 is 21.8 Å². The molecule has 146 valence electrons. The van der Waals surface area contributed by atoms with Gasteiger partial charge in [0.05, 0.1) is 17.6 Å². The van der Waals surface area contributed by atoms with Gasteiger partial charge in [0.15, 0.2) is 0 Å². The number of benzene rings is 1. The highest BCUT2D eigenvalue weighted by Crippen LogP contribution is 2.28. The van der Waals surface area contributed by atoms with Crippen LogP contribution in [0.3, 0.4) is 0 Å². The van der Waals surface area contributed by atoms with Crippen molar-refractivity contribution in [1.82, 2.24) is 20.2 Å². The van der Waals surface area contributed by atoms with Crippen LogP contribution in [0.1, 0.15) is 30.1 Å². The Morgan fingerprint density at radius 1 is 1.30 bits per heavy atom. The number of aromatic amines is 1. The summed E-state index contributed by atoms with van der Waals surface area (Å²) in [7, 11) is 1.68. The maximum atomic E-state index is 12.7. The number of ether oxygens (including phenoxy) is 1. The summed E-state index contributed by atoms with van der Waals surface area (Å²) in [5.41, 5.74) is 0.186. The molecule has 2 aromatic rings. The third kappa shape index (κ3) is 3.96. The first-order chi connectivity index (χ1) is 13.0. The normalized spacial score (nSPS) is 16.4. The third-order valence-corrected chi connectivity index (χ3v) is 5.29. The first-order valence-corrected chi connectivity index (χ1v) is 9.24. The standard InChI is InChI=1S/C19H26N4O4/c1-3-23-15-5-4-13(10-14(15)22-17(25)18(23)26)16(24)21-11-19(12-27-2)6-8-20-9-7-19/h4-5,10,20H,3,6-9,11-12H2,1-2H3,(H,21,24)(H,22,25). The van der Waals surface area contributed by atoms with Gasteiger partial charge in [-0.3, -0.25) is 14.4 Å². The van der Waals surface area contributed by atoms with E-state index in [0.717, 1.165) is 25.9 Å². The molecule has 0 radical (unpaired) electrons. The van der Waals surface area contributed by atoms with Crippen LogP contribution in [0.25, 0.3) is 11.0 Å². The average molecular weight is 374 g/mol. The minimum Gasteiger partial charge on any atom is -0.384 e. The minimum atomic E-state index is -0.685. The molecule has 0 atom stereocenters. The fourth-order valence-corrected chi connectivity index (χ4v) is 3.74. The number of hydrogen-bond donors (Lipinski definition) is 3. The Balaban J connectivity index is 1.82. The highest BCUT2D eigenvalue weighted by molar-refractivity contribution is 5.97. The van der Waals surface area contributed by atoms with E-state index in [4.69, 9.17) is 4.74 Å². The van der Waals surface area contributed by atoms with Crippen molar-refractivity contribution < 1.29 is 9.53 Å². The Labute approximate surface area is 156 Å². The van der Waals surface area contributed by atoms with Gasteiger partial charge >= 0.3 is 11.1 Å². The van der Waals surface area contributed by atoms with Crippen LogP contribution in [-0.4, -0.2) is 48.8 Å². The number of rotatable bonds is 6. The zero-order chi connectivity index (χ0) is 19.4. The number of piperidine rings is 1. The molecule has 3 rings (SSSR count). The predicted octanol–water partition coefficient (Wildman–Crippen LogP) is 0.456. The summed E-state index contributed by atoms with van der Waals surface area (Å²) in [5.74, 6) is -0.207. The molecule has 0 aliphatic carbocycles. The van der Waals surface area contributed by atoms with E-state index in [0.29, 0.717) is 36.3 Å². The Morgan fingerprint density at radius 2 is 2.04 bits per heavy atom. The van der Waals surface area contributed by atoms with Gasteiger partial charge in [0.1, 0.15) is 0 Å². The number of nitrogens with one attached hydrogen (secondary N) is 3. The Kier molecular flexibility index (Phi) is 5.76. The van der Waals surface area contributed by atoms with Crippen molar-refractivity contribution in [2.45, 2.75) is 26.3 Å². The molecule has 0 bridgehead atoms. The molecule has 27 heavy (non-hydrogen) atoms. The second kappa shape index (κ2) is 8.06. The number of nitrogens with zero attached hydrogens (tertiary/aromatic N) is 1. The number of amides is 1. The number of aryl methyl sites for hydroxylation is 1. The number of aromatic nitrogens is 2. The molecule has 0 saturated carbocycles. The molecule has 1 aromatic heterocycles. The maximum Gasteiger partial charge on any atom is 0.316 e. The van der Waals surface area contributed by atoms with E-state index in [9.17, 15) is 14.4 Å². The summed E-state index contributed by atoms with van der Waals surface area (Å²) in [6, 6.07) is 4.98. The molecule has 2 heterocycles. The quantitative estimate of drug-likeness (QED) is 0.637. The maximum absolute atomic E-state index is 12.7. The number of hydrogen-bond acceptors (Lipinski definition) is 5. The Bertz CT molecular complexity index is 935. The van der Waals surface area contributed by atoms with Crippen LogP contribution in [-0.2, 0) is 11.3 Å². The van der Waals surface area contributed by atoms with Gasteiger partial charge in [0.25, 0.3) is 5.91 Å². The highest BCUT2D eigenvalue weighted by Gasteiger charge is 2.32. The zero-order valence-electron chi connectivity index (χ0n) is 15.8. The molecular weight excluding hydrogens is 348 g/mol. The van der Waals surface area contributed by atoms with Crippen LogP contribution in [0, 0.1) is 5.41 Å². The molecule has 0 spiro atoms. The molecule has 1 fully saturated rings. The summed E-state index contributed by atoms with van der Waals surface area (Å²) in [6.45, 7) is 5.14. The van der Waals surface area contributed by atoms with Gasteiger partial charge in [-0.2, -0.15) is 0 Å². The van der Waals surface area contributed by atoms with E-state index in [-0.39, 0.29) is 11.3 Å². The second-order valence-corrected chi connectivity index (χ2v) is 7.10. The Morgan fingerprint density at radius 3 is 2.70 bits per heavy atom. The topological polar surface area (TPSA) is 105 Å². The van der Waals surface area contributed by atoms with Gasteiger partial charge in [0.2, 0.25) is 0 Å². The SMILES string of the molecule is CCn1c(=O)c(=O)[nH]c2cc(C(=O)NCC3(COC)CCNCC3)ccc21. The number of methoxy groups -OCH3 is 1. The molecule has 8 heteroatoms. The van der Waals surface area contributed by atoms with Crippen molar-refractivity contribution in [2.75, 3.05) is 33.4 Å². The molecule has 3 N–H and O–H groups in total. The van der Waals surface area contributed by atoms with E-state index >= 15 is 0 Å². The lowest BCUT2D eigenvalue weighted by Gasteiger charge is -2.37. The van der Waals surface area contributed by atoms with Crippen LogP contribution >= 0.6 is 0 Å². The molecular formula is C19H26N4O4.